The number of para-hydroxylation sites is 2. The predicted octanol–water partition coefficient (Wildman–Crippen LogP) is 4.37. The topological polar surface area (TPSA) is 38.1 Å². The highest BCUT2D eigenvalue weighted by Gasteiger charge is 2.21. The molecule has 0 atom stereocenters. The largest absolute Gasteiger partial charge is 0.341 e. The minimum atomic E-state index is 0.149. The van der Waals surface area contributed by atoms with E-state index in [1.165, 1.54) is 6.42 Å². The molecule has 1 saturated heterocycles. The first-order valence-corrected chi connectivity index (χ1v) is 9.10. The van der Waals surface area contributed by atoms with Gasteiger partial charge in [-0.25, -0.2) is 4.98 Å². The normalized spacial score (nSPS) is 14.8. The number of rotatable bonds is 3. The van der Waals surface area contributed by atoms with Crippen LogP contribution in [0.2, 0.25) is 5.02 Å². The number of nitrogens with zero attached hydrogens (tertiary/aromatic N) is 3. The van der Waals surface area contributed by atoms with E-state index >= 15 is 0 Å². The molecule has 0 aliphatic carbocycles. The van der Waals surface area contributed by atoms with Crippen LogP contribution in [-0.2, 0) is 11.3 Å². The fraction of sp³-hybridized carbons (Fsp3) is 0.300. The first kappa shape index (κ1) is 16.2. The van der Waals surface area contributed by atoms with Gasteiger partial charge in [0, 0.05) is 18.7 Å². The summed E-state index contributed by atoms with van der Waals surface area (Å²) in [6.45, 7) is 2.00. The molecule has 1 amide bonds. The number of benzene rings is 2. The van der Waals surface area contributed by atoms with Crippen LogP contribution in [0.25, 0.3) is 22.4 Å². The Morgan fingerprint density at radius 3 is 2.52 bits per heavy atom. The molecule has 1 aliphatic heterocycles. The number of fused-ring (bicyclic) bond motifs is 1. The van der Waals surface area contributed by atoms with Crippen LogP contribution in [0, 0.1) is 0 Å². The maximum absolute atomic E-state index is 12.8. The maximum atomic E-state index is 12.8. The molecule has 0 unspecified atom stereocenters. The maximum Gasteiger partial charge on any atom is 0.242 e. The Morgan fingerprint density at radius 2 is 1.72 bits per heavy atom. The smallest absolute Gasteiger partial charge is 0.242 e. The van der Waals surface area contributed by atoms with Crippen LogP contribution in [-0.4, -0.2) is 33.4 Å². The monoisotopic (exact) mass is 353 g/mol. The predicted molar refractivity (Wildman–Crippen MR) is 101 cm³/mol. The van der Waals surface area contributed by atoms with Crippen molar-refractivity contribution in [3.63, 3.8) is 0 Å². The van der Waals surface area contributed by atoms with E-state index in [-0.39, 0.29) is 5.91 Å². The zero-order valence-electron chi connectivity index (χ0n) is 14.0. The van der Waals surface area contributed by atoms with Crippen LogP contribution in [0.5, 0.6) is 0 Å². The molecule has 0 spiro atoms. The highest BCUT2D eigenvalue weighted by molar-refractivity contribution is 6.33. The minimum Gasteiger partial charge on any atom is -0.341 e. The molecule has 0 radical (unpaired) electrons. The summed E-state index contributed by atoms with van der Waals surface area (Å²) in [4.78, 5) is 19.5. The summed E-state index contributed by atoms with van der Waals surface area (Å²) in [6, 6.07) is 15.6. The molecule has 3 aromatic rings. The third-order valence-electron chi connectivity index (χ3n) is 4.77. The molecule has 0 N–H and O–H groups in total. The lowest BCUT2D eigenvalue weighted by Gasteiger charge is -2.27. The quantitative estimate of drug-likeness (QED) is 0.701. The molecule has 4 rings (SSSR count). The molecule has 25 heavy (non-hydrogen) atoms. The Labute approximate surface area is 152 Å². The molecule has 2 heterocycles. The van der Waals surface area contributed by atoms with E-state index in [4.69, 9.17) is 16.6 Å². The van der Waals surface area contributed by atoms with E-state index in [9.17, 15) is 4.79 Å². The third kappa shape index (κ3) is 3.14. The van der Waals surface area contributed by atoms with Crippen LogP contribution < -0.4 is 0 Å². The third-order valence-corrected chi connectivity index (χ3v) is 5.10. The standard InChI is InChI=1S/C20H20ClN3O/c21-16-9-3-2-8-15(16)20-22-17-10-4-5-11-18(17)24(20)14-19(25)23-12-6-1-7-13-23/h2-5,8-11H,1,6-7,12-14H2. The van der Waals surface area contributed by atoms with Crippen molar-refractivity contribution in [3.8, 4) is 11.4 Å². The van der Waals surface area contributed by atoms with E-state index in [1.807, 2.05) is 58.0 Å². The average Bonchev–Trinajstić information content (AvgIpc) is 3.01. The number of hydrogen-bond donors (Lipinski definition) is 0. The van der Waals surface area contributed by atoms with Crippen LogP contribution >= 0.6 is 11.6 Å². The molecule has 1 aliphatic rings. The first-order valence-electron chi connectivity index (χ1n) is 8.72. The first-order chi connectivity index (χ1) is 12.2. The van der Waals surface area contributed by atoms with Gasteiger partial charge >= 0.3 is 0 Å². The number of amides is 1. The van der Waals surface area contributed by atoms with Crippen LogP contribution in [0.3, 0.4) is 0 Å². The molecule has 1 aromatic heterocycles. The van der Waals surface area contributed by atoms with E-state index in [1.54, 1.807) is 0 Å². The summed E-state index contributed by atoms with van der Waals surface area (Å²) in [6.07, 6.45) is 3.39. The molecular formula is C20H20ClN3O. The second-order valence-electron chi connectivity index (χ2n) is 6.43. The van der Waals surface area contributed by atoms with E-state index in [2.05, 4.69) is 0 Å². The zero-order chi connectivity index (χ0) is 17.2. The second kappa shape index (κ2) is 6.89. The van der Waals surface area contributed by atoms with Gasteiger partial charge in [-0.1, -0.05) is 35.9 Å². The molecule has 2 aromatic carbocycles. The van der Waals surface area contributed by atoms with Crippen molar-refractivity contribution in [2.24, 2.45) is 0 Å². The van der Waals surface area contributed by atoms with Gasteiger partial charge in [0.15, 0.2) is 0 Å². The summed E-state index contributed by atoms with van der Waals surface area (Å²) < 4.78 is 1.99. The summed E-state index contributed by atoms with van der Waals surface area (Å²) in [5.41, 5.74) is 2.69. The lowest BCUT2D eigenvalue weighted by Crippen LogP contribution is -2.37. The molecule has 0 saturated carbocycles. The highest BCUT2D eigenvalue weighted by atomic mass is 35.5. The lowest BCUT2D eigenvalue weighted by atomic mass is 10.1. The number of aromatic nitrogens is 2. The SMILES string of the molecule is O=C(Cn1c(-c2ccccc2Cl)nc2ccccc21)N1CCCCC1. The fourth-order valence-corrected chi connectivity index (χ4v) is 3.68. The van der Waals surface area contributed by atoms with Crippen molar-refractivity contribution in [3.05, 3.63) is 53.6 Å². The van der Waals surface area contributed by atoms with Crippen molar-refractivity contribution in [1.82, 2.24) is 14.5 Å². The van der Waals surface area contributed by atoms with Crippen molar-refractivity contribution in [2.45, 2.75) is 25.8 Å². The van der Waals surface area contributed by atoms with Gasteiger partial charge in [-0.05, 0) is 43.5 Å². The van der Waals surface area contributed by atoms with Gasteiger partial charge in [0.2, 0.25) is 5.91 Å². The van der Waals surface area contributed by atoms with Crippen molar-refractivity contribution < 1.29 is 4.79 Å². The number of hydrogen-bond acceptors (Lipinski definition) is 2. The van der Waals surface area contributed by atoms with E-state index in [0.717, 1.165) is 48.4 Å². The molecule has 5 heteroatoms. The Hall–Kier alpha value is -2.33. The van der Waals surface area contributed by atoms with Crippen LogP contribution in [0.4, 0.5) is 0 Å². The lowest BCUT2D eigenvalue weighted by molar-refractivity contribution is -0.132. The number of imidazole rings is 1. The van der Waals surface area contributed by atoms with Crippen LogP contribution in [0.15, 0.2) is 48.5 Å². The number of halogens is 1. The summed E-state index contributed by atoms with van der Waals surface area (Å²) in [7, 11) is 0. The molecule has 1 fully saturated rings. The van der Waals surface area contributed by atoms with E-state index in [0.29, 0.717) is 11.6 Å². The zero-order valence-corrected chi connectivity index (χ0v) is 14.7. The van der Waals surface area contributed by atoms with Gasteiger partial charge in [0.25, 0.3) is 0 Å². The van der Waals surface area contributed by atoms with Crippen molar-refractivity contribution in [2.75, 3.05) is 13.1 Å². The molecule has 4 nitrogen and oxygen atoms in total. The Kier molecular flexibility index (Phi) is 4.45. The van der Waals surface area contributed by atoms with Crippen molar-refractivity contribution in [1.29, 1.82) is 0 Å². The van der Waals surface area contributed by atoms with Gasteiger partial charge in [-0.15, -0.1) is 0 Å². The van der Waals surface area contributed by atoms with Gasteiger partial charge in [0.1, 0.15) is 12.4 Å². The van der Waals surface area contributed by atoms with Gasteiger partial charge in [0.05, 0.1) is 16.1 Å². The second-order valence-corrected chi connectivity index (χ2v) is 6.84. The fourth-order valence-electron chi connectivity index (χ4n) is 3.46. The molecule has 0 bridgehead atoms. The molecular weight excluding hydrogens is 334 g/mol. The Morgan fingerprint density at radius 1 is 1.00 bits per heavy atom. The van der Waals surface area contributed by atoms with Gasteiger partial charge in [-0.2, -0.15) is 0 Å². The number of carbonyl (C=O) groups excluding carboxylic acids is 1. The highest BCUT2D eigenvalue weighted by Crippen LogP contribution is 2.30. The number of likely N-dealkylation sites (tertiary alicyclic amines) is 1. The van der Waals surface area contributed by atoms with Crippen LogP contribution in [0.1, 0.15) is 19.3 Å². The average molecular weight is 354 g/mol. The Balaban J connectivity index is 1.77. The van der Waals surface area contributed by atoms with E-state index < -0.39 is 0 Å². The summed E-state index contributed by atoms with van der Waals surface area (Å²) in [5.74, 6) is 0.897. The minimum absolute atomic E-state index is 0.149. The summed E-state index contributed by atoms with van der Waals surface area (Å²) in [5, 5.41) is 0.643. The van der Waals surface area contributed by atoms with Gasteiger partial charge < -0.3 is 9.47 Å². The molecule has 128 valence electrons. The summed E-state index contributed by atoms with van der Waals surface area (Å²) >= 11 is 6.39. The number of piperidine rings is 1. The van der Waals surface area contributed by atoms with Crippen molar-refractivity contribution >= 4 is 28.5 Å². The van der Waals surface area contributed by atoms with Gasteiger partial charge in [-0.3, -0.25) is 4.79 Å². The number of carbonyl (C=O) groups is 1. The Bertz CT molecular complexity index is 912.